The van der Waals surface area contributed by atoms with Crippen LogP contribution in [0, 0.1) is 11.2 Å². The van der Waals surface area contributed by atoms with Gasteiger partial charge in [0.1, 0.15) is 5.82 Å². The van der Waals surface area contributed by atoms with Crippen molar-refractivity contribution in [2.75, 3.05) is 0 Å². The highest BCUT2D eigenvalue weighted by Gasteiger charge is 2.22. The average Bonchev–Trinajstić information content (AvgIpc) is 2.24. The van der Waals surface area contributed by atoms with E-state index in [2.05, 4.69) is 39.9 Å². The van der Waals surface area contributed by atoms with E-state index in [9.17, 15) is 4.39 Å². The largest absolute Gasteiger partial charge is 0.307 e. The molecule has 17 heavy (non-hydrogen) atoms. The molecule has 1 N–H and O–H groups in total. The smallest absolute Gasteiger partial charge is 0.123 e. The van der Waals surface area contributed by atoms with E-state index in [1.54, 1.807) is 12.1 Å². The van der Waals surface area contributed by atoms with Gasteiger partial charge in [0, 0.05) is 12.1 Å². The van der Waals surface area contributed by atoms with Crippen molar-refractivity contribution < 1.29 is 4.39 Å². The first-order chi connectivity index (χ1) is 7.84. The first-order valence-electron chi connectivity index (χ1n) is 6.36. The van der Waals surface area contributed by atoms with E-state index in [1.165, 1.54) is 6.07 Å². The van der Waals surface area contributed by atoms with E-state index < -0.39 is 0 Å². The predicted octanol–water partition coefficient (Wildman–Crippen LogP) is 4.30. The lowest BCUT2D eigenvalue weighted by Crippen LogP contribution is -2.39. The van der Waals surface area contributed by atoms with Gasteiger partial charge in [-0.3, -0.25) is 0 Å². The number of nitrogens with one attached hydrogen (secondary N) is 1. The van der Waals surface area contributed by atoms with Crippen molar-refractivity contribution in [3.8, 4) is 0 Å². The molecule has 2 heteroatoms. The predicted molar refractivity (Wildman–Crippen MR) is 71.5 cm³/mol. The molecule has 0 saturated heterocycles. The molecular weight excluding hydrogens is 213 g/mol. The van der Waals surface area contributed by atoms with Crippen molar-refractivity contribution in [2.24, 2.45) is 5.41 Å². The minimum Gasteiger partial charge on any atom is -0.307 e. The highest BCUT2D eigenvalue weighted by atomic mass is 19.1. The second-order valence-corrected chi connectivity index (χ2v) is 5.77. The minimum atomic E-state index is -0.161. The molecule has 0 radical (unpaired) electrons. The summed E-state index contributed by atoms with van der Waals surface area (Å²) in [6, 6.07) is 7.48. The van der Waals surface area contributed by atoms with Gasteiger partial charge < -0.3 is 5.32 Å². The van der Waals surface area contributed by atoms with Gasteiger partial charge in [0.2, 0.25) is 0 Å². The third-order valence-electron chi connectivity index (χ3n) is 3.41. The Morgan fingerprint density at radius 2 is 1.94 bits per heavy atom. The Bertz CT molecular complexity index is 354. The number of hydrogen-bond acceptors (Lipinski definition) is 1. The van der Waals surface area contributed by atoms with E-state index in [0.717, 1.165) is 12.0 Å². The minimum absolute atomic E-state index is 0.161. The zero-order valence-corrected chi connectivity index (χ0v) is 11.5. The quantitative estimate of drug-likeness (QED) is 0.823. The van der Waals surface area contributed by atoms with Crippen LogP contribution < -0.4 is 5.32 Å². The SMILES string of the molecule is CCC(NC(C)C(C)(C)C)c1cccc(F)c1. The van der Waals surface area contributed by atoms with Gasteiger partial charge in [-0.2, -0.15) is 0 Å². The highest BCUT2D eigenvalue weighted by Crippen LogP contribution is 2.24. The fourth-order valence-electron chi connectivity index (χ4n) is 1.72. The maximum Gasteiger partial charge on any atom is 0.123 e. The van der Waals surface area contributed by atoms with Crippen molar-refractivity contribution in [1.82, 2.24) is 5.32 Å². The summed E-state index contributed by atoms with van der Waals surface area (Å²) in [5.74, 6) is -0.161. The van der Waals surface area contributed by atoms with E-state index in [4.69, 9.17) is 0 Å². The van der Waals surface area contributed by atoms with Gasteiger partial charge in [0.15, 0.2) is 0 Å². The van der Waals surface area contributed by atoms with Crippen molar-refractivity contribution >= 4 is 0 Å². The Hall–Kier alpha value is -0.890. The molecular formula is C15H24FN. The van der Waals surface area contributed by atoms with E-state index >= 15 is 0 Å². The second kappa shape index (κ2) is 5.63. The Balaban J connectivity index is 2.79. The maximum atomic E-state index is 13.2. The first kappa shape index (κ1) is 14.2. The average molecular weight is 237 g/mol. The number of halogens is 1. The Kier molecular flexibility index (Phi) is 4.70. The molecule has 1 aromatic rings. The van der Waals surface area contributed by atoms with E-state index in [-0.39, 0.29) is 17.3 Å². The third-order valence-corrected chi connectivity index (χ3v) is 3.41. The summed E-state index contributed by atoms with van der Waals surface area (Å²) in [5.41, 5.74) is 1.24. The molecule has 1 rings (SSSR count). The molecule has 96 valence electrons. The Morgan fingerprint density at radius 3 is 2.41 bits per heavy atom. The number of hydrogen-bond donors (Lipinski definition) is 1. The van der Waals surface area contributed by atoms with Crippen LogP contribution in [0.3, 0.4) is 0 Å². The van der Waals surface area contributed by atoms with Gasteiger partial charge in [-0.15, -0.1) is 0 Å². The molecule has 1 nitrogen and oxygen atoms in total. The second-order valence-electron chi connectivity index (χ2n) is 5.77. The lowest BCUT2D eigenvalue weighted by atomic mass is 9.87. The monoisotopic (exact) mass is 237 g/mol. The molecule has 0 aliphatic carbocycles. The van der Waals surface area contributed by atoms with Crippen LogP contribution in [-0.2, 0) is 0 Å². The molecule has 0 saturated carbocycles. The van der Waals surface area contributed by atoms with Crippen LogP contribution in [-0.4, -0.2) is 6.04 Å². The van der Waals surface area contributed by atoms with Crippen molar-refractivity contribution in [3.63, 3.8) is 0 Å². The molecule has 0 spiro atoms. The zero-order valence-electron chi connectivity index (χ0n) is 11.5. The molecule has 0 aromatic heterocycles. The molecule has 0 fully saturated rings. The molecule has 0 bridgehead atoms. The molecule has 0 amide bonds. The van der Waals surface area contributed by atoms with Crippen molar-refractivity contribution in [1.29, 1.82) is 0 Å². The lowest BCUT2D eigenvalue weighted by Gasteiger charge is -2.32. The number of benzene rings is 1. The highest BCUT2D eigenvalue weighted by molar-refractivity contribution is 5.20. The molecule has 2 atom stereocenters. The fourth-order valence-corrected chi connectivity index (χ4v) is 1.72. The normalized spacial score (nSPS) is 15.6. The summed E-state index contributed by atoms with van der Waals surface area (Å²) in [5, 5.41) is 3.58. The molecule has 2 unspecified atom stereocenters. The summed E-state index contributed by atoms with van der Waals surface area (Å²) in [6.45, 7) is 10.9. The van der Waals surface area contributed by atoms with Crippen LogP contribution in [0.1, 0.15) is 52.6 Å². The molecule has 0 aliphatic heterocycles. The standard InChI is InChI=1S/C15H24FN/c1-6-14(17-11(2)15(3,4)5)12-8-7-9-13(16)10-12/h7-11,14,17H,6H2,1-5H3. The third kappa shape index (κ3) is 4.12. The van der Waals surface area contributed by atoms with Crippen molar-refractivity contribution in [3.05, 3.63) is 35.6 Å². The summed E-state index contributed by atoms with van der Waals surface area (Å²) in [7, 11) is 0. The van der Waals surface area contributed by atoms with Gasteiger partial charge >= 0.3 is 0 Å². The van der Waals surface area contributed by atoms with Gasteiger partial charge in [0.05, 0.1) is 0 Å². The fraction of sp³-hybridized carbons (Fsp3) is 0.600. The van der Waals surface area contributed by atoms with Crippen LogP contribution in [0.25, 0.3) is 0 Å². The van der Waals surface area contributed by atoms with Gasteiger partial charge in [-0.05, 0) is 36.5 Å². The van der Waals surface area contributed by atoms with Gasteiger partial charge in [-0.1, -0.05) is 39.8 Å². The summed E-state index contributed by atoms with van der Waals surface area (Å²) >= 11 is 0. The summed E-state index contributed by atoms with van der Waals surface area (Å²) < 4.78 is 13.2. The lowest BCUT2D eigenvalue weighted by molar-refractivity contribution is 0.260. The van der Waals surface area contributed by atoms with Crippen LogP contribution in [0.2, 0.25) is 0 Å². The number of rotatable bonds is 4. The van der Waals surface area contributed by atoms with Gasteiger partial charge in [0.25, 0.3) is 0 Å². The topological polar surface area (TPSA) is 12.0 Å². The molecule has 0 heterocycles. The molecule has 1 aromatic carbocycles. The van der Waals surface area contributed by atoms with Crippen LogP contribution in [0.5, 0.6) is 0 Å². The van der Waals surface area contributed by atoms with Crippen LogP contribution >= 0.6 is 0 Å². The van der Waals surface area contributed by atoms with Crippen LogP contribution in [0.4, 0.5) is 4.39 Å². The maximum absolute atomic E-state index is 13.2. The van der Waals surface area contributed by atoms with E-state index in [0.29, 0.717) is 6.04 Å². The molecule has 0 aliphatic rings. The summed E-state index contributed by atoms with van der Waals surface area (Å²) in [6.07, 6.45) is 0.962. The first-order valence-corrected chi connectivity index (χ1v) is 6.36. The van der Waals surface area contributed by atoms with Crippen molar-refractivity contribution in [2.45, 2.75) is 53.1 Å². The zero-order chi connectivity index (χ0) is 13.1. The van der Waals surface area contributed by atoms with Gasteiger partial charge in [-0.25, -0.2) is 4.39 Å². The summed E-state index contributed by atoms with van der Waals surface area (Å²) in [4.78, 5) is 0. The Labute approximate surface area is 104 Å². The van der Waals surface area contributed by atoms with Crippen LogP contribution in [0.15, 0.2) is 24.3 Å². The Morgan fingerprint density at radius 1 is 1.29 bits per heavy atom. The van der Waals surface area contributed by atoms with E-state index in [1.807, 2.05) is 6.07 Å².